The Kier molecular flexibility index (Phi) is 13.7. The molecule has 1 aliphatic carbocycles. The van der Waals surface area contributed by atoms with Crippen LogP contribution in [0.4, 0.5) is 0 Å². The van der Waals surface area contributed by atoms with Crippen LogP contribution in [-0.4, -0.2) is 75.2 Å². The second-order valence-electron chi connectivity index (χ2n) is 8.37. The first kappa shape index (κ1) is 25.0. The van der Waals surface area contributed by atoms with Gasteiger partial charge >= 0.3 is 0 Å². The number of hydrogen-bond donors (Lipinski definition) is 2. The van der Waals surface area contributed by atoms with Crippen LogP contribution in [0, 0.1) is 11.8 Å². The summed E-state index contributed by atoms with van der Waals surface area (Å²) in [7, 11) is 1.88. The molecule has 0 spiro atoms. The zero-order valence-electron chi connectivity index (χ0n) is 18.0. The first-order valence-electron chi connectivity index (χ1n) is 11.1. The van der Waals surface area contributed by atoms with E-state index in [9.17, 15) is 0 Å². The van der Waals surface area contributed by atoms with E-state index in [1.54, 1.807) is 0 Å². The van der Waals surface area contributed by atoms with Gasteiger partial charge in [-0.1, -0.05) is 46.0 Å². The van der Waals surface area contributed by atoms with E-state index in [-0.39, 0.29) is 24.0 Å². The van der Waals surface area contributed by atoms with Crippen LogP contribution in [0.1, 0.15) is 58.8 Å². The average Bonchev–Trinajstić information content (AvgIpc) is 2.69. The summed E-state index contributed by atoms with van der Waals surface area (Å²) in [5, 5.41) is 7.02. The van der Waals surface area contributed by atoms with E-state index >= 15 is 0 Å². The number of piperazine rings is 1. The zero-order chi connectivity index (χ0) is 18.6. The normalized spacial score (nSPS) is 21.5. The molecule has 160 valence electrons. The molecule has 0 aromatic heterocycles. The van der Waals surface area contributed by atoms with Gasteiger partial charge in [0.25, 0.3) is 0 Å². The maximum absolute atomic E-state index is 4.39. The lowest BCUT2D eigenvalue weighted by molar-refractivity contribution is 0.124. The maximum Gasteiger partial charge on any atom is 0.190 e. The number of rotatable bonds is 9. The molecule has 27 heavy (non-hydrogen) atoms. The number of likely N-dealkylation sites (N-methyl/N-ethyl adjacent to an activating group) is 1. The molecule has 1 atom stereocenters. The Balaban J connectivity index is 0.00000364. The highest BCUT2D eigenvalue weighted by Crippen LogP contribution is 2.26. The second-order valence-corrected chi connectivity index (χ2v) is 8.37. The van der Waals surface area contributed by atoms with Crippen molar-refractivity contribution in [3.8, 4) is 0 Å². The Morgan fingerprint density at radius 1 is 1.04 bits per heavy atom. The van der Waals surface area contributed by atoms with Gasteiger partial charge in [0, 0.05) is 52.9 Å². The molecule has 1 saturated heterocycles. The van der Waals surface area contributed by atoms with Gasteiger partial charge in [0.1, 0.15) is 0 Å². The predicted molar refractivity (Wildman–Crippen MR) is 128 cm³/mol. The van der Waals surface area contributed by atoms with Crippen LogP contribution in [-0.2, 0) is 0 Å². The lowest BCUT2D eigenvalue weighted by Crippen LogP contribution is -2.48. The van der Waals surface area contributed by atoms with Crippen molar-refractivity contribution in [2.45, 2.75) is 58.8 Å². The summed E-state index contributed by atoms with van der Waals surface area (Å²) in [6.45, 7) is 13.9. The quantitative estimate of drug-likeness (QED) is 0.224. The Bertz CT molecular complexity index is 390. The SMILES string of the molecule is CCN1CCN(CC(C)CNC(=NC)NCCCC2CCCCC2)CC1.I. The summed E-state index contributed by atoms with van der Waals surface area (Å²) in [4.78, 5) is 9.54. The smallest absolute Gasteiger partial charge is 0.190 e. The third-order valence-corrected chi connectivity index (χ3v) is 6.13. The molecule has 1 unspecified atom stereocenters. The highest BCUT2D eigenvalue weighted by Gasteiger charge is 2.17. The van der Waals surface area contributed by atoms with E-state index < -0.39 is 0 Å². The fourth-order valence-corrected chi connectivity index (χ4v) is 4.36. The van der Waals surface area contributed by atoms with Crippen LogP contribution >= 0.6 is 24.0 Å². The molecule has 0 bridgehead atoms. The third kappa shape index (κ3) is 10.3. The van der Waals surface area contributed by atoms with Crippen molar-refractivity contribution in [3.63, 3.8) is 0 Å². The molecule has 0 aromatic carbocycles. The lowest BCUT2D eigenvalue weighted by Gasteiger charge is -2.35. The van der Waals surface area contributed by atoms with Crippen LogP contribution in [0.5, 0.6) is 0 Å². The average molecular weight is 494 g/mol. The van der Waals surface area contributed by atoms with Crippen LogP contribution in [0.3, 0.4) is 0 Å². The van der Waals surface area contributed by atoms with Crippen LogP contribution in [0.25, 0.3) is 0 Å². The number of nitrogens with zero attached hydrogens (tertiary/aromatic N) is 3. The molecule has 0 amide bonds. The number of aliphatic imine (C=N–C) groups is 1. The van der Waals surface area contributed by atoms with Gasteiger partial charge in [-0.3, -0.25) is 4.99 Å². The molecule has 0 aromatic rings. The Labute approximate surface area is 185 Å². The van der Waals surface area contributed by atoms with Gasteiger partial charge in [-0.2, -0.15) is 0 Å². The summed E-state index contributed by atoms with van der Waals surface area (Å²) >= 11 is 0. The number of hydrogen-bond acceptors (Lipinski definition) is 3. The number of guanidine groups is 1. The third-order valence-electron chi connectivity index (χ3n) is 6.13. The maximum atomic E-state index is 4.39. The minimum absolute atomic E-state index is 0. The van der Waals surface area contributed by atoms with Gasteiger partial charge in [0.15, 0.2) is 5.96 Å². The summed E-state index contributed by atoms with van der Waals surface area (Å²) in [5.74, 6) is 2.59. The lowest BCUT2D eigenvalue weighted by atomic mass is 9.86. The molecular formula is C21H44IN5. The van der Waals surface area contributed by atoms with Crippen molar-refractivity contribution in [1.29, 1.82) is 0 Å². The Morgan fingerprint density at radius 2 is 1.70 bits per heavy atom. The van der Waals surface area contributed by atoms with Gasteiger partial charge in [-0.15, -0.1) is 24.0 Å². The van der Waals surface area contributed by atoms with Gasteiger partial charge in [-0.05, 0) is 31.2 Å². The van der Waals surface area contributed by atoms with Gasteiger partial charge in [0.05, 0.1) is 0 Å². The van der Waals surface area contributed by atoms with E-state index in [1.165, 1.54) is 84.2 Å². The molecule has 6 heteroatoms. The monoisotopic (exact) mass is 493 g/mol. The van der Waals surface area contributed by atoms with Crippen molar-refractivity contribution in [3.05, 3.63) is 0 Å². The largest absolute Gasteiger partial charge is 0.356 e. The van der Waals surface area contributed by atoms with Crippen molar-refractivity contribution in [1.82, 2.24) is 20.4 Å². The standard InChI is InChI=1S/C21H43N5.HI/c1-4-25-13-15-26(16-14-25)18-19(2)17-24-21(22-3)23-12-8-11-20-9-6-5-7-10-20;/h19-20H,4-18H2,1-3H3,(H2,22,23,24);1H. The van der Waals surface area contributed by atoms with E-state index in [4.69, 9.17) is 0 Å². The zero-order valence-corrected chi connectivity index (χ0v) is 20.3. The highest BCUT2D eigenvalue weighted by atomic mass is 127. The summed E-state index contributed by atoms with van der Waals surface area (Å²) < 4.78 is 0. The number of halogens is 1. The molecule has 2 aliphatic rings. The summed E-state index contributed by atoms with van der Waals surface area (Å²) in [6, 6.07) is 0. The molecule has 2 N–H and O–H groups in total. The van der Waals surface area contributed by atoms with E-state index in [2.05, 4.69) is 39.3 Å². The van der Waals surface area contributed by atoms with Gasteiger partial charge in [-0.25, -0.2) is 0 Å². The topological polar surface area (TPSA) is 42.9 Å². The first-order chi connectivity index (χ1) is 12.7. The Morgan fingerprint density at radius 3 is 2.33 bits per heavy atom. The molecule has 5 nitrogen and oxygen atoms in total. The van der Waals surface area contributed by atoms with Crippen LogP contribution < -0.4 is 10.6 Å². The van der Waals surface area contributed by atoms with Crippen molar-refractivity contribution in [2.75, 3.05) is 59.4 Å². The molecule has 2 fully saturated rings. The molecule has 1 heterocycles. The summed E-state index contributed by atoms with van der Waals surface area (Å²) in [6.07, 6.45) is 9.91. The van der Waals surface area contributed by atoms with Crippen molar-refractivity contribution in [2.24, 2.45) is 16.8 Å². The van der Waals surface area contributed by atoms with E-state index in [0.717, 1.165) is 25.0 Å². The van der Waals surface area contributed by atoms with Crippen LogP contribution in [0.2, 0.25) is 0 Å². The van der Waals surface area contributed by atoms with Crippen molar-refractivity contribution >= 4 is 29.9 Å². The highest BCUT2D eigenvalue weighted by molar-refractivity contribution is 14.0. The minimum atomic E-state index is 0. The van der Waals surface area contributed by atoms with E-state index in [1.807, 2.05) is 7.05 Å². The Hall–Kier alpha value is -0.0800. The molecule has 1 aliphatic heterocycles. The fourth-order valence-electron chi connectivity index (χ4n) is 4.36. The molecular weight excluding hydrogens is 449 g/mol. The van der Waals surface area contributed by atoms with Crippen LogP contribution in [0.15, 0.2) is 4.99 Å². The minimum Gasteiger partial charge on any atom is -0.356 e. The molecule has 1 saturated carbocycles. The molecule has 2 rings (SSSR count). The summed E-state index contributed by atoms with van der Waals surface area (Å²) in [5.41, 5.74) is 0. The van der Waals surface area contributed by atoms with E-state index in [0.29, 0.717) is 5.92 Å². The fraction of sp³-hybridized carbons (Fsp3) is 0.952. The number of nitrogens with one attached hydrogen (secondary N) is 2. The van der Waals surface area contributed by atoms with Gasteiger partial charge in [0.2, 0.25) is 0 Å². The van der Waals surface area contributed by atoms with Gasteiger partial charge < -0.3 is 20.4 Å². The first-order valence-corrected chi connectivity index (χ1v) is 11.1. The molecule has 0 radical (unpaired) electrons. The predicted octanol–water partition coefficient (Wildman–Crippen LogP) is 3.40. The van der Waals surface area contributed by atoms with Crippen molar-refractivity contribution < 1.29 is 0 Å². The second kappa shape index (κ2) is 14.9.